The van der Waals surface area contributed by atoms with E-state index in [1.165, 1.54) is 0 Å². The maximum Gasteiger partial charge on any atom is 0.303 e. The molecule has 10 nitrogen and oxygen atoms in total. The lowest BCUT2D eigenvalue weighted by molar-refractivity contribution is -0.138. The quantitative estimate of drug-likeness (QED) is 0.198. The summed E-state index contributed by atoms with van der Waals surface area (Å²) in [6, 6.07) is -2.66. The van der Waals surface area contributed by atoms with Gasteiger partial charge in [0.05, 0.1) is 6.04 Å². The van der Waals surface area contributed by atoms with Gasteiger partial charge in [0.25, 0.3) is 0 Å². The highest BCUT2D eigenvalue weighted by Gasteiger charge is 2.28. The summed E-state index contributed by atoms with van der Waals surface area (Å²) in [5.74, 6) is -2.49. The molecule has 0 aromatic heterocycles. The van der Waals surface area contributed by atoms with Gasteiger partial charge in [0.15, 0.2) is 0 Å². The van der Waals surface area contributed by atoms with Crippen LogP contribution in [0.3, 0.4) is 0 Å². The normalized spacial score (nSPS) is 20.4. The number of hydrogen-bond donors (Lipinski definition) is 6. The molecule has 1 rings (SSSR count). The molecule has 0 aliphatic heterocycles. The van der Waals surface area contributed by atoms with Crippen molar-refractivity contribution in [2.45, 2.75) is 70.1 Å². The van der Waals surface area contributed by atoms with Crippen molar-refractivity contribution in [2.75, 3.05) is 7.05 Å². The molecule has 0 heterocycles. The minimum atomic E-state index is -1.14. The van der Waals surface area contributed by atoms with Gasteiger partial charge in [-0.1, -0.05) is 38.2 Å². The summed E-state index contributed by atoms with van der Waals surface area (Å²) in [4.78, 5) is 48.3. The van der Waals surface area contributed by atoms with Crippen LogP contribution >= 0.6 is 0 Å². The van der Waals surface area contributed by atoms with Gasteiger partial charge in [-0.3, -0.25) is 19.2 Å². The fourth-order valence-electron chi connectivity index (χ4n) is 3.42. The molecule has 1 aliphatic rings. The van der Waals surface area contributed by atoms with Gasteiger partial charge in [-0.05, 0) is 44.6 Å². The summed E-state index contributed by atoms with van der Waals surface area (Å²) >= 11 is 0. The molecule has 0 saturated heterocycles. The number of carbonyl (C=O) groups excluding carboxylic acids is 3. The van der Waals surface area contributed by atoms with Crippen LogP contribution in [0.2, 0.25) is 0 Å². The van der Waals surface area contributed by atoms with E-state index in [1.54, 1.807) is 7.05 Å². The predicted octanol–water partition coefficient (Wildman–Crippen LogP) is -0.210. The molecule has 0 bridgehead atoms. The van der Waals surface area contributed by atoms with Gasteiger partial charge in [0.2, 0.25) is 17.7 Å². The Kier molecular flexibility index (Phi) is 11.6. The topological polar surface area (TPSA) is 177 Å². The second-order valence-corrected chi connectivity index (χ2v) is 8.52. The lowest BCUT2D eigenvalue weighted by Crippen LogP contribution is -2.55. The van der Waals surface area contributed by atoms with Crippen molar-refractivity contribution in [3.8, 4) is 0 Å². The van der Waals surface area contributed by atoms with Gasteiger partial charge >= 0.3 is 5.97 Å². The molecule has 10 heteroatoms. The maximum atomic E-state index is 12.9. The van der Waals surface area contributed by atoms with Gasteiger partial charge in [-0.2, -0.15) is 0 Å². The molecule has 0 fully saturated rings. The molecule has 1 aliphatic carbocycles. The Morgan fingerprint density at radius 3 is 2.00 bits per heavy atom. The van der Waals surface area contributed by atoms with Gasteiger partial charge < -0.3 is 32.5 Å². The Morgan fingerprint density at radius 1 is 0.938 bits per heavy atom. The number of nitrogens with two attached hydrogens (primary N) is 2. The van der Waals surface area contributed by atoms with Crippen LogP contribution in [0.25, 0.3) is 0 Å². The number of aliphatic carboxylic acids is 1. The Hall–Kier alpha value is -2.72. The average Bonchev–Trinajstić information content (AvgIpc) is 2.72. The van der Waals surface area contributed by atoms with Crippen molar-refractivity contribution in [2.24, 2.45) is 23.3 Å². The zero-order chi connectivity index (χ0) is 24.3. The van der Waals surface area contributed by atoms with Crippen molar-refractivity contribution >= 4 is 23.7 Å². The van der Waals surface area contributed by atoms with E-state index in [0.717, 1.165) is 0 Å². The average molecular weight is 452 g/mol. The van der Waals surface area contributed by atoms with Crippen LogP contribution in [0.1, 0.15) is 46.0 Å². The molecule has 180 valence electrons. The molecular formula is C22H37N5O5. The minimum absolute atomic E-state index is 0.0664. The third-order valence-electron chi connectivity index (χ3n) is 5.26. The molecule has 0 saturated carbocycles. The van der Waals surface area contributed by atoms with Gasteiger partial charge in [0.1, 0.15) is 12.1 Å². The number of nitrogens with one attached hydrogen (secondary N) is 3. The highest BCUT2D eigenvalue weighted by atomic mass is 16.4. The van der Waals surface area contributed by atoms with E-state index >= 15 is 0 Å². The van der Waals surface area contributed by atoms with E-state index in [4.69, 9.17) is 16.6 Å². The fourth-order valence-corrected chi connectivity index (χ4v) is 3.42. The summed E-state index contributed by atoms with van der Waals surface area (Å²) in [6.45, 7) is 3.99. The summed E-state index contributed by atoms with van der Waals surface area (Å²) in [6.07, 6.45) is 8.67. The van der Waals surface area contributed by atoms with Crippen molar-refractivity contribution in [3.63, 3.8) is 0 Å². The molecule has 8 N–H and O–H groups in total. The Bertz CT molecular complexity index is 708. The Morgan fingerprint density at radius 2 is 1.50 bits per heavy atom. The molecule has 32 heavy (non-hydrogen) atoms. The van der Waals surface area contributed by atoms with E-state index in [9.17, 15) is 19.2 Å². The van der Waals surface area contributed by atoms with Crippen LogP contribution < -0.4 is 27.4 Å². The monoisotopic (exact) mass is 451 g/mol. The van der Waals surface area contributed by atoms with E-state index in [0.29, 0.717) is 19.3 Å². The summed E-state index contributed by atoms with van der Waals surface area (Å²) in [5, 5.41) is 17.1. The molecule has 0 aromatic carbocycles. The van der Waals surface area contributed by atoms with Gasteiger partial charge in [0, 0.05) is 12.5 Å². The molecule has 0 radical (unpaired) electrons. The third kappa shape index (κ3) is 10.1. The van der Waals surface area contributed by atoms with Crippen LogP contribution in [0.15, 0.2) is 24.3 Å². The zero-order valence-corrected chi connectivity index (χ0v) is 19.0. The first-order chi connectivity index (χ1) is 15.0. The number of carboxylic acids is 1. The van der Waals surface area contributed by atoms with E-state index in [2.05, 4.69) is 16.0 Å². The zero-order valence-electron chi connectivity index (χ0n) is 19.0. The number of likely N-dealkylation sites (N-methyl/N-ethyl adjacent to an activating group) is 1. The number of allylic oxidation sites excluding steroid dienone is 2. The van der Waals surface area contributed by atoms with Crippen LogP contribution in [-0.2, 0) is 19.2 Å². The molecular weight excluding hydrogens is 414 g/mol. The second kappa shape index (κ2) is 13.6. The first-order valence-electron chi connectivity index (χ1n) is 10.9. The SMILES string of the molecule is CN[C@@H](CC(C)C)C(=O)N[C@@H](CCC1C=CC(N)C=C1)C(=O)N[C@@H](CCC(=O)O)C(N)=O. The third-order valence-corrected chi connectivity index (χ3v) is 5.26. The van der Waals surface area contributed by atoms with Gasteiger partial charge in [-0.15, -0.1) is 0 Å². The van der Waals surface area contributed by atoms with Crippen molar-refractivity contribution in [1.29, 1.82) is 0 Å². The molecule has 0 unspecified atom stereocenters. The van der Waals surface area contributed by atoms with E-state index < -0.39 is 35.9 Å². The van der Waals surface area contributed by atoms with Crippen LogP contribution in [0.4, 0.5) is 0 Å². The van der Waals surface area contributed by atoms with Crippen LogP contribution in [0.5, 0.6) is 0 Å². The second-order valence-electron chi connectivity index (χ2n) is 8.52. The van der Waals surface area contributed by atoms with Gasteiger partial charge in [-0.25, -0.2) is 0 Å². The maximum absolute atomic E-state index is 12.9. The minimum Gasteiger partial charge on any atom is -0.481 e. The van der Waals surface area contributed by atoms with Crippen molar-refractivity contribution in [1.82, 2.24) is 16.0 Å². The number of primary amides is 1. The fraction of sp³-hybridized carbons (Fsp3) is 0.636. The highest BCUT2D eigenvalue weighted by molar-refractivity contribution is 5.92. The lowest BCUT2D eigenvalue weighted by Gasteiger charge is -2.25. The molecule has 3 atom stereocenters. The molecule has 0 spiro atoms. The standard InChI is InChI=1S/C22H37N5O5/c1-13(2)12-18(25-3)22(32)27-17(9-6-14-4-7-15(23)8-5-14)21(31)26-16(20(24)30)10-11-19(28)29/h4-5,7-8,13-18,25H,6,9-12,23H2,1-3H3,(H2,24,30)(H,26,31)(H,27,32)(H,28,29)/t14?,15?,16-,17-,18-/m0/s1. The van der Waals surface area contributed by atoms with Crippen LogP contribution in [0, 0.1) is 11.8 Å². The highest BCUT2D eigenvalue weighted by Crippen LogP contribution is 2.17. The first kappa shape index (κ1) is 27.3. The number of carboxylic acid groups (broad SMARTS) is 1. The number of hydrogen-bond acceptors (Lipinski definition) is 6. The number of carbonyl (C=O) groups is 4. The molecule has 0 aromatic rings. The smallest absolute Gasteiger partial charge is 0.303 e. The molecule has 3 amide bonds. The van der Waals surface area contributed by atoms with E-state index in [1.807, 2.05) is 38.2 Å². The van der Waals surface area contributed by atoms with Crippen LogP contribution in [-0.4, -0.2) is 60.0 Å². The van der Waals surface area contributed by atoms with Crippen molar-refractivity contribution in [3.05, 3.63) is 24.3 Å². The summed E-state index contributed by atoms with van der Waals surface area (Å²) in [5.41, 5.74) is 11.1. The number of rotatable bonds is 14. The summed E-state index contributed by atoms with van der Waals surface area (Å²) in [7, 11) is 1.68. The predicted molar refractivity (Wildman–Crippen MR) is 121 cm³/mol. The van der Waals surface area contributed by atoms with Crippen molar-refractivity contribution < 1.29 is 24.3 Å². The summed E-state index contributed by atoms with van der Waals surface area (Å²) < 4.78 is 0. The Labute approximate surface area is 189 Å². The Balaban J connectivity index is 2.90. The first-order valence-corrected chi connectivity index (χ1v) is 10.9. The number of amides is 3. The van der Waals surface area contributed by atoms with E-state index in [-0.39, 0.29) is 36.6 Å². The largest absolute Gasteiger partial charge is 0.481 e. The lowest BCUT2D eigenvalue weighted by atomic mass is 9.93.